The van der Waals surface area contributed by atoms with Crippen LogP contribution in [0.4, 0.5) is 28.8 Å². The molecule has 0 spiro atoms. The van der Waals surface area contributed by atoms with Crippen LogP contribution < -0.4 is 0 Å². The maximum atomic E-state index is 12.1. The number of esters is 3. The number of carboxylic acid groups (broad SMARTS) is 1. The summed E-state index contributed by atoms with van der Waals surface area (Å²) in [6.45, 7) is 4.98. The van der Waals surface area contributed by atoms with E-state index in [0.29, 0.717) is 65.4 Å². The first-order valence-electron chi connectivity index (χ1n) is 31.6. The topological polar surface area (TPSA) is 392 Å². The monoisotopic (exact) mass is 1700 g/mol. The van der Waals surface area contributed by atoms with Gasteiger partial charge in [0.05, 0.1) is 142 Å². The number of methoxy groups -OCH3 is 6. The van der Waals surface area contributed by atoms with Crippen LogP contribution in [-0.2, 0) is 71.8 Å². The second kappa shape index (κ2) is 42.4. The average Bonchev–Trinajstić information content (AvgIpc) is 1.67. The Labute approximate surface area is 602 Å². The van der Waals surface area contributed by atoms with E-state index in [0.717, 1.165) is 75.8 Å². The summed E-state index contributed by atoms with van der Waals surface area (Å²) >= 11 is 7.14. The summed E-state index contributed by atoms with van der Waals surface area (Å²) in [6, 6.07) is -1.13. The fraction of sp³-hybridized carbons (Fsp3) is 0.828. The Hall–Kier alpha value is -5.00. The van der Waals surface area contributed by atoms with Gasteiger partial charge in [0.1, 0.15) is 11.4 Å². The number of aliphatic hydroxyl groups is 2. The molecule has 0 saturated carbocycles. The zero-order chi connectivity index (χ0) is 71.8. The molecular weight excluding hydrogens is 1600 g/mol. The van der Waals surface area contributed by atoms with Crippen molar-refractivity contribution in [3.05, 3.63) is 0 Å². The number of ether oxygens (including phenoxy) is 6. The minimum Gasteiger partial charge on any atom is -0.480 e. The summed E-state index contributed by atoms with van der Waals surface area (Å²) in [7, 11) is 13.3. The van der Waals surface area contributed by atoms with Gasteiger partial charge in [-0.3, -0.25) is 34.2 Å². The van der Waals surface area contributed by atoms with Crippen LogP contribution in [0, 0.1) is 0 Å². The van der Waals surface area contributed by atoms with E-state index < -0.39 is 23.9 Å². The van der Waals surface area contributed by atoms with E-state index in [2.05, 4.69) is 67.4 Å². The summed E-state index contributed by atoms with van der Waals surface area (Å²) in [6.07, 6.45) is 10.1. The molecular formula is C58H99BrI2N12O25. The van der Waals surface area contributed by atoms with Crippen molar-refractivity contribution in [2.24, 2.45) is 0 Å². The summed E-state index contributed by atoms with van der Waals surface area (Å²) in [5.41, 5.74) is 0. The van der Waals surface area contributed by atoms with Gasteiger partial charge >= 0.3 is 60.1 Å². The van der Waals surface area contributed by atoms with Gasteiger partial charge < -0.3 is 73.1 Å². The molecule has 12 fully saturated rings. The first-order chi connectivity index (χ1) is 46.6. The fourth-order valence-electron chi connectivity index (χ4n) is 13.4. The van der Waals surface area contributed by atoms with Crippen LogP contribution in [0.1, 0.15) is 84.5 Å². The third-order valence-corrected chi connectivity index (χ3v) is 18.8. The van der Waals surface area contributed by atoms with Gasteiger partial charge in [0.15, 0.2) is 13.2 Å². The number of hydrogen-bond acceptors (Lipinski definition) is 24. The first kappa shape index (κ1) is 85.4. The normalized spacial score (nSPS) is 27.9. The van der Waals surface area contributed by atoms with E-state index >= 15 is 0 Å². The molecule has 0 aromatic heterocycles. The quantitative estimate of drug-likeness (QED) is 0.0475. The standard InChI is InChI=1S/C11H18N2O5.C10H16N2O5.C9H16N2O3.C8H12N2O4.2C8H14N2O3.C3H5BrO2.CH4.I2/c1-16-6-9-4-3-8-5-12(9)11(15)13(8)18-7-10(14)17-2;1-16-9(14)6-17-12-7-2-3-8(5-13)11(4-7)10(12)15;1-13-6-8-4-3-7-5-10(8)9(12)11(7)14-2;1-14-10-5-2-3-6(7(11)12)9(4-5)8(10)13;1-13-5-7-3-2-6-4-9(7)8(11)10(6)12;1-13-10-6-2-3-7(5-11)9(4-6)8(10)12;1-6-3(5)2-4;;1-2/h8-9H,3-7H2,1-2H3;7-8,13H,2-6H2,1H3;7-8H,3-6H2,1-2H3;5-6H,2-4H2,1H3,(H,11,12);6-7,12H,2-5H2,1H3;6-7,11H,2-5H2,1H3;2H2,1H3;1H4;. The number of urea groups is 6. The van der Waals surface area contributed by atoms with Crippen LogP contribution in [0.5, 0.6) is 0 Å². The molecule has 12 amide bonds. The Morgan fingerprint density at radius 3 is 0.990 bits per heavy atom. The van der Waals surface area contributed by atoms with Gasteiger partial charge in [0.2, 0.25) is 0 Å². The van der Waals surface area contributed by atoms with E-state index in [1.807, 2.05) is 4.90 Å². The molecule has 98 heavy (non-hydrogen) atoms. The highest BCUT2D eigenvalue weighted by Gasteiger charge is 2.51. The van der Waals surface area contributed by atoms with E-state index in [1.54, 1.807) is 48.0 Å². The average molecular weight is 1700 g/mol. The molecule has 4 N–H and O–H groups in total. The molecule has 12 aliphatic heterocycles. The molecule has 562 valence electrons. The number of aliphatic hydroxyl groups excluding tert-OH is 2. The number of fused-ring (bicyclic) bond motifs is 12. The molecule has 12 unspecified atom stereocenters. The zero-order valence-corrected chi connectivity index (χ0v) is 62.1. The van der Waals surface area contributed by atoms with Gasteiger partial charge in [-0.05, 0) is 77.0 Å². The number of nitrogens with zero attached hydrogens (tertiary/aromatic N) is 12. The van der Waals surface area contributed by atoms with Crippen molar-refractivity contribution in [3.8, 4) is 0 Å². The van der Waals surface area contributed by atoms with Crippen molar-refractivity contribution in [1.29, 1.82) is 0 Å². The largest absolute Gasteiger partial charge is 0.480 e. The highest BCUT2D eigenvalue weighted by Crippen LogP contribution is 2.35. The van der Waals surface area contributed by atoms with Crippen molar-refractivity contribution < 1.29 is 121 Å². The van der Waals surface area contributed by atoms with Crippen molar-refractivity contribution in [2.75, 3.05) is 155 Å². The van der Waals surface area contributed by atoms with Gasteiger partial charge in [-0.1, -0.05) is 23.4 Å². The molecule has 12 heterocycles. The molecule has 12 rings (SSSR count). The number of carbonyl (C=O) groups is 10. The smallest absolute Gasteiger partial charge is 0.345 e. The van der Waals surface area contributed by atoms with Crippen LogP contribution >= 0.6 is 53.2 Å². The van der Waals surface area contributed by atoms with E-state index in [1.165, 1.54) is 65.8 Å². The molecule has 12 saturated heterocycles. The van der Waals surface area contributed by atoms with Crippen LogP contribution in [0.2, 0.25) is 0 Å². The van der Waals surface area contributed by atoms with E-state index in [-0.39, 0.29) is 148 Å². The van der Waals surface area contributed by atoms with Crippen LogP contribution in [0.25, 0.3) is 0 Å². The van der Waals surface area contributed by atoms with Gasteiger partial charge in [0, 0.05) is 97.8 Å². The predicted octanol–water partition coefficient (Wildman–Crippen LogP) is 2.78. The molecule has 0 radical (unpaired) electrons. The number of amides is 12. The maximum absolute atomic E-state index is 12.1. The minimum absolute atomic E-state index is 0. The lowest BCUT2D eigenvalue weighted by Crippen LogP contribution is -2.44. The number of rotatable bonds is 19. The molecule has 0 aromatic rings. The fourth-order valence-corrected chi connectivity index (χ4v) is 13.6. The lowest BCUT2D eigenvalue weighted by atomic mass is 10.0. The number of hydroxylamine groups is 12. The lowest BCUT2D eigenvalue weighted by Gasteiger charge is -2.29. The van der Waals surface area contributed by atoms with E-state index in [9.17, 15) is 53.2 Å². The van der Waals surface area contributed by atoms with Gasteiger partial charge in [-0.25, -0.2) is 48.2 Å². The Kier molecular flexibility index (Phi) is 37.0. The van der Waals surface area contributed by atoms with Gasteiger partial charge in [-0.15, -0.1) is 0 Å². The molecule has 12 aliphatic rings. The van der Waals surface area contributed by atoms with Crippen LogP contribution in [0.15, 0.2) is 0 Å². The SMILES string of the molecule is C.COC(=O)CBr.COC(=O)CON1C(=O)N2CC1CCC2CO.COCC1CCC2CN1C(=O)N2O.COCC1CCC2CN1C(=O)N2OC.COCC1CCC2CN1C(=O)N2OCC(=O)OC.CON1C(=O)N2CC1CCC2C(=O)O.CON1C(=O)N2CC1CCC2CO.II. The van der Waals surface area contributed by atoms with Gasteiger partial charge in [-0.2, -0.15) is 25.3 Å². The minimum atomic E-state index is -0.935. The highest BCUT2D eigenvalue weighted by atomic mass is 128. The Morgan fingerprint density at radius 1 is 0.408 bits per heavy atom. The predicted molar refractivity (Wildman–Crippen MR) is 361 cm³/mol. The Bertz CT molecular complexity index is 2600. The molecule has 40 heteroatoms. The number of carboxylic acids is 1. The molecule has 12 bridgehead atoms. The zero-order valence-electron chi connectivity index (χ0n) is 56.2. The molecule has 37 nitrogen and oxygen atoms in total. The number of hydrogen-bond donors (Lipinski definition) is 4. The van der Waals surface area contributed by atoms with Crippen molar-refractivity contribution >= 4 is 113 Å². The van der Waals surface area contributed by atoms with Crippen LogP contribution in [0.3, 0.4) is 0 Å². The van der Waals surface area contributed by atoms with Crippen LogP contribution in [-0.4, -0.2) is 368 Å². The molecule has 12 atom stereocenters. The number of piperidine rings is 6. The summed E-state index contributed by atoms with van der Waals surface area (Å²) < 4.78 is 28.4. The van der Waals surface area contributed by atoms with E-state index in [4.69, 9.17) is 53.7 Å². The molecule has 0 aliphatic carbocycles. The number of alkyl halides is 1. The third kappa shape index (κ3) is 21.3. The summed E-state index contributed by atoms with van der Waals surface area (Å²) in [4.78, 5) is 148. The summed E-state index contributed by atoms with van der Waals surface area (Å²) in [5, 5.41) is 44.2. The van der Waals surface area contributed by atoms with Crippen molar-refractivity contribution in [2.45, 2.75) is 157 Å². The third-order valence-electron chi connectivity index (χ3n) is 18.4. The maximum Gasteiger partial charge on any atom is 0.345 e. The summed E-state index contributed by atoms with van der Waals surface area (Å²) in [5.74, 6) is -2.19. The molecule has 0 aromatic carbocycles. The lowest BCUT2D eigenvalue weighted by molar-refractivity contribution is -0.170. The second-order valence-corrected chi connectivity index (χ2v) is 24.3. The van der Waals surface area contributed by atoms with Crippen molar-refractivity contribution in [1.82, 2.24) is 59.8 Å². The number of aliphatic carboxylic acids is 1. The number of carbonyl (C=O) groups excluding carboxylic acids is 9. The van der Waals surface area contributed by atoms with Gasteiger partial charge in [0.25, 0.3) is 0 Å². The Balaban J connectivity index is 0.000000245. The highest BCUT2D eigenvalue weighted by molar-refractivity contribution is 15.0. The second-order valence-electron chi connectivity index (χ2n) is 23.8. The van der Waals surface area contributed by atoms with Crippen molar-refractivity contribution in [3.63, 3.8) is 0 Å². The number of halogens is 3. The first-order valence-corrected chi connectivity index (χ1v) is 39.0. The Morgan fingerprint density at radius 2 is 0.684 bits per heavy atom.